The molecule has 0 aromatic rings. The van der Waals surface area contributed by atoms with E-state index in [4.69, 9.17) is 0 Å². The average Bonchev–Trinajstić information content (AvgIpc) is 2.04. The topological polar surface area (TPSA) is 37.4 Å². The smallest absolute Gasteiger partial charge is 0.206 e. The molecule has 1 heterocycles. The number of piperidine rings is 1. The summed E-state index contributed by atoms with van der Waals surface area (Å²) in [6.45, 7) is 0.349. The van der Waals surface area contributed by atoms with E-state index in [-0.39, 0.29) is 17.9 Å². The van der Waals surface area contributed by atoms with E-state index in [1.807, 2.05) is 0 Å². The molecule has 0 N–H and O–H groups in total. The van der Waals surface area contributed by atoms with Crippen molar-refractivity contribution >= 4 is 26.0 Å². The summed E-state index contributed by atoms with van der Waals surface area (Å²) in [6.07, 6.45) is 1.46. The van der Waals surface area contributed by atoms with E-state index in [9.17, 15) is 17.2 Å². The first-order valence-electron chi connectivity index (χ1n) is 3.86. The number of rotatable bonds is 2. The maximum absolute atomic E-state index is 12.1. The Morgan fingerprint density at radius 3 is 2.54 bits per heavy atom. The van der Waals surface area contributed by atoms with Crippen molar-refractivity contribution in [3.8, 4) is 0 Å². The molecule has 0 amide bonds. The first-order chi connectivity index (χ1) is 5.94. The quantitative estimate of drug-likeness (QED) is 0.716. The number of halogens is 3. The first-order valence-corrected chi connectivity index (χ1v) is 6.27. The number of alkyl halides is 3. The zero-order valence-corrected chi connectivity index (χ0v) is 9.19. The average molecular weight is 278 g/mol. The third-order valence-corrected chi connectivity index (χ3v) is 4.16. The van der Waals surface area contributed by atoms with Crippen LogP contribution in [0.3, 0.4) is 0 Å². The fourth-order valence-corrected chi connectivity index (χ4v) is 3.10. The van der Waals surface area contributed by atoms with Gasteiger partial charge in [-0.1, -0.05) is 15.9 Å². The highest BCUT2D eigenvalue weighted by Gasteiger charge is 2.34. The van der Waals surface area contributed by atoms with Crippen molar-refractivity contribution in [1.29, 1.82) is 0 Å². The normalized spacial score (nSPS) is 26.6. The molecule has 3 nitrogen and oxygen atoms in total. The minimum absolute atomic E-state index is 0.00484. The van der Waals surface area contributed by atoms with Gasteiger partial charge in [-0.3, -0.25) is 0 Å². The minimum atomic E-state index is -4.36. The fraction of sp³-hybridized carbons (Fsp3) is 1.00. The van der Waals surface area contributed by atoms with E-state index >= 15 is 0 Å². The van der Waals surface area contributed by atoms with Gasteiger partial charge >= 0.3 is 5.76 Å². The Bertz CT molecular complexity index is 270. The fourth-order valence-electron chi connectivity index (χ4n) is 1.24. The minimum Gasteiger partial charge on any atom is -0.206 e. The van der Waals surface area contributed by atoms with Crippen molar-refractivity contribution in [2.45, 2.75) is 23.4 Å². The standard InChI is InChI=1S/C6H10BrF2NO2S/c7-5-2-1-3-10(4-5)13(11,12)6(8)9/h5-6H,1-4H2. The molecule has 0 spiro atoms. The highest BCUT2D eigenvalue weighted by atomic mass is 79.9. The van der Waals surface area contributed by atoms with Gasteiger partial charge in [-0.2, -0.15) is 13.1 Å². The molecule has 0 aliphatic carbocycles. The molecular weight excluding hydrogens is 268 g/mol. The molecule has 1 fully saturated rings. The first kappa shape index (κ1) is 11.3. The Morgan fingerprint density at radius 2 is 2.08 bits per heavy atom. The summed E-state index contributed by atoms with van der Waals surface area (Å²) in [5, 5.41) is 0. The molecule has 1 atom stereocenters. The maximum atomic E-state index is 12.1. The number of hydrogen-bond acceptors (Lipinski definition) is 2. The molecule has 1 aliphatic rings. The second-order valence-electron chi connectivity index (χ2n) is 2.90. The van der Waals surface area contributed by atoms with Crippen LogP contribution < -0.4 is 0 Å². The van der Waals surface area contributed by atoms with E-state index in [1.54, 1.807) is 0 Å². The molecule has 0 bridgehead atoms. The van der Waals surface area contributed by atoms with Crippen LogP contribution in [-0.2, 0) is 10.0 Å². The Morgan fingerprint density at radius 1 is 1.46 bits per heavy atom. The summed E-state index contributed by atoms with van der Waals surface area (Å²) in [5.74, 6) is -3.30. The summed E-state index contributed by atoms with van der Waals surface area (Å²) >= 11 is 3.22. The summed E-state index contributed by atoms with van der Waals surface area (Å²) in [7, 11) is -4.36. The highest BCUT2D eigenvalue weighted by Crippen LogP contribution is 2.22. The van der Waals surface area contributed by atoms with Crippen LogP contribution in [0.15, 0.2) is 0 Å². The highest BCUT2D eigenvalue weighted by molar-refractivity contribution is 9.09. The summed E-state index contributed by atoms with van der Waals surface area (Å²) < 4.78 is 47.0. The van der Waals surface area contributed by atoms with E-state index in [2.05, 4.69) is 15.9 Å². The van der Waals surface area contributed by atoms with Gasteiger partial charge in [0.25, 0.3) is 10.0 Å². The van der Waals surface area contributed by atoms with Gasteiger partial charge < -0.3 is 0 Å². The van der Waals surface area contributed by atoms with E-state index in [0.717, 1.165) is 10.7 Å². The molecule has 1 unspecified atom stereocenters. The van der Waals surface area contributed by atoms with Crippen molar-refractivity contribution < 1.29 is 17.2 Å². The largest absolute Gasteiger partial charge is 0.350 e. The van der Waals surface area contributed by atoms with Crippen LogP contribution >= 0.6 is 15.9 Å². The van der Waals surface area contributed by atoms with E-state index in [0.29, 0.717) is 6.42 Å². The molecule has 1 aliphatic heterocycles. The van der Waals surface area contributed by atoms with Crippen LogP contribution in [0.4, 0.5) is 8.78 Å². The Kier molecular flexibility index (Phi) is 3.64. The van der Waals surface area contributed by atoms with Crippen LogP contribution in [0, 0.1) is 0 Å². The lowest BCUT2D eigenvalue weighted by molar-refractivity contribution is 0.214. The van der Waals surface area contributed by atoms with Crippen molar-refractivity contribution in [1.82, 2.24) is 4.31 Å². The van der Waals surface area contributed by atoms with Crippen LogP contribution in [-0.4, -0.2) is 36.4 Å². The maximum Gasteiger partial charge on any atom is 0.350 e. The van der Waals surface area contributed by atoms with Crippen molar-refractivity contribution in [2.24, 2.45) is 0 Å². The lowest BCUT2D eigenvalue weighted by Gasteiger charge is -2.28. The van der Waals surface area contributed by atoms with Gasteiger partial charge in [0.05, 0.1) is 0 Å². The predicted molar refractivity (Wildman–Crippen MR) is 48.4 cm³/mol. The Hall–Kier alpha value is 0.250. The van der Waals surface area contributed by atoms with Crippen molar-refractivity contribution in [2.75, 3.05) is 13.1 Å². The van der Waals surface area contributed by atoms with Crippen molar-refractivity contribution in [3.63, 3.8) is 0 Å². The van der Waals surface area contributed by atoms with Crippen LogP contribution in [0.25, 0.3) is 0 Å². The van der Waals surface area contributed by atoms with Crippen molar-refractivity contribution in [3.05, 3.63) is 0 Å². The molecular formula is C6H10BrF2NO2S. The van der Waals surface area contributed by atoms with Crippen LogP contribution in [0.2, 0.25) is 0 Å². The third kappa shape index (κ3) is 2.60. The predicted octanol–water partition coefficient (Wildman–Crippen LogP) is 1.40. The molecule has 7 heteroatoms. The number of hydrogen-bond donors (Lipinski definition) is 0. The van der Waals surface area contributed by atoms with Crippen LogP contribution in [0.5, 0.6) is 0 Å². The zero-order valence-electron chi connectivity index (χ0n) is 6.79. The lowest BCUT2D eigenvalue weighted by atomic mass is 10.2. The Balaban J connectivity index is 2.71. The number of sulfonamides is 1. The summed E-state index contributed by atoms with van der Waals surface area (Å²) in [4.78, 5) is -0.00484. The summed E-state index contributed by atoms with van der Waals surface area (Å²) in [5.41, 5.74) is 0. The summed E-state index contributed by atoms with van der Waals surface area (Å²) in [6, 6.07) is 0. The molecule has 0 saturated carbocycles. The molecule has 0 aromatic carbocycles. The van der Waals surface area contributed by atoms with Gasteiger partial charge in [0.2, 0.25) is 0 Å². The van der Waals surface area contributed by atoms with Gasteiger partial charge in [-0.05, 0) is 12.8 Å². The van der Waals surface area contributed by atoms with Gasteiger partial charge in [0.15, 0.2) is 0 Å². The van der Waals surface area contributed by atoms with E-state index < -0.39 is 15.8 Å². The SMILES string of the molecule is O=S(=O)(C(F)F)N1CCCC(Br)C1. The van der Waals surface area contributed by atoms with Crippen LogP contribution in [0.1, 0.15) is 12.8 Å². The molecule has 1 rings (SSSR count). The van der Waals surface area contributed by atoms with Gasteiger partial charge in [-0.25, -0.2) is 8.42 Å². The van der Waals surface area contributed by atoms with Gasteiger partial charge in [-0.15, -0.1) is 0 Å². The number of nitrogens with zero attached hydrogens (tertiary/aromatic N) is 1. The second-order valence-corrected chi connectivity index (χ2v) is 6.10. The molecule has 13 heavy (non-hydrogen) atoms. The third-order valence-electron chi connectivity index (χ3n) is 1.91. The molecule has 0 aromatic heterocycles. The lowest BCUT2D eigenvalue weighted by Crippen LogP contribution is -2.42. The monoisotopic (exact) mass is 277 g/mol. The van der Waals surface area contributed by atoms with Gasteiger partial charge in [0.1, 0.15) is 0 Å². The molecule has 78 valence electrons. The Labute approximate surface area is 84.3 Å². The van der Waals surface area contributed by atoms with E-state index in [1.165, 1.54) is 0 Å². The molecule has 0 radical (unpaired) electrons. The van der Waals surface area contributed by atoms with Gasteiger partial charge in [0, 0.05) is 17.9 Å². The second kappa shape index (κ2) is 4.18. The molecule has 1 saturated heterocycles. The zero-order chi connectivity index (χ0) is 10.1.